The summed E-state index contributed by atoms with van der Waals surface area (Å²) in [5.74, 6) is -1.05. The second-order valence-electron chi connectivity index (χ2n) is 2.67. The number of pyridine rings is 1. The molecule has 0 aromatic carbocycles. The van der Waals surface area contributed by atoms with Crippen LogP contribution < -0.4 is 0 Å². The van der Waals surface area contributed by atoms with Crippen LogP contribution in [0.1, 0.15) is 10.5 Å². The van der Waals surface area contributed by atoms with E-state index in [2.05, 4.69) is 15.0 Å². The minimum atomic E-state index is -1.05. The summed E-state index contributed by atoms with van der Waals surface area (Å²) >= 11 is 0. The third-order valence-electron chi connectivity index (χ3n) is 1.80. The highest BCUT2D eigenvalue weighted by Crippen LogP contribution is 2.18. The van der Waals surface area contributed by atoms with Crippen LogP contribution in [0.25, 0.3) is 11.3 Å². The Hall–Kier alpha value is -2.17. The molecule has 5 heteroatoms. The van der Waals surface area contributed by atoms with Crippen molar-refractivity contribution in [1.29, 1.82) is 0 Å². The Morgan fingerprint density at radius 1 is 1.50 bits per heavy atom. The Morgan fingerprint density at radius 3 is 3.00 bits per heavy atom. The second kappa shape index (κ2) is 3.29. The van der Waals surface area contributed by atoms with E-state index >= 15 is 0 Å². The van der Waals surface area contributed by atoms with Gasteiger partial charge in [-0.1, -0.05) is 0 Å². The first-order chi connectivity index (χ1) is 6.79. The first kappa shape index (κ1) is 8.43. The largest absolute Gasteiger partial charge is 0.476 e. The minimum Gasteiger partial charge on any atom is -0.476 e. The average Bonchev–Trinajstić information content (AvgIpc) is 2.70. The van der Waals surface area contributed by atoms with Crippen LogP contribution in [-0.4, -0.2) is 26.0 Å². The molecular weight excluding hydrogens is 182 g/mol. The summed E-state index contributed by atoms with van der Waals surface area (Å²) in [7, 11) is 0. The second-order valence-corrected chi connectivity index (χ2v) is 2.67. The summed E-state index contributed by atoms with van der Waals surface area (Å²) in [6.07, 6.45) is 4.50. The molecule has 14 heavy (non-hydrogen) atoms. The number of carboxylic acids is 1. The summed E-state index contributed by atoms with van der Waals surface area (Å²) < 4.78 is 0. The number of carbonyl (C=O) groups is 1. The molecule has 0 aliphatic carbocycles. The van der Waals surface area contributed by atoms with Gasteiger partial charge in [0.05, 0.1) is 18.2 Å². The molecule has 0 bridgehead atoms. The van der Waals surface area contributed by atoms with E-state index in [0.29, 0.717) is 11.3 Å². The molecule has 0 aliphatic rings. The van der Waals surface area contributed by atoms with Crippen molar-refractivity contribution < 1.29 is 9.90 Å². The third kappa shape index (κ3) is 1.35. The molecule has 0 spiro atoms. The number of H-pyrrole nitrogens is 1. The molecule has 2 aromatic heterocycles. The fraction of sp³-hybridized carbons (Fsp3) is 0. The van der Waals surface area contributed by atoms with Crippen LogP contribution in [0.15, 0.2) is 30.9 Å². The molecule has 0 aliphatic heterocycles. The SMILES string of the molecule is O=C(O)c1ncccc1-c1cnc[nH]1. The molecule has 5 nitrogen and oxygen atoms in total. The highest BCUT2D eigenvalue weighted by atomic mass is 16.4. The Balaban J connectivity index is 2.58. The van der Waals surface area contributed by atoms with Crippen molar-refractivity contribution in [1.82, 2.24) is 15.0 Å². The molecule has 70 valence electrons. The monoisotopic (exact) mass is 189 g/mol. The van der Waals surface area contributed by atoms with Crippen LogP contribution in [0.3, 0.4) is 0 Å². The van der Waals surface area contributed by atoms with Crippen LogP contribution in [0.2, 0.25) is 0 Å². The van der Waals surface area contributed by atoms with E-state index in [1.807, 2.05) is 0 Å². The maximum atomic E-state index is 10.8. The number of aromatic carboxylic acids is 1. The summed E-state index contributed by atoms with van der Waals surface area (Å²) in [4.78, 5) is 21.3. The minimum absolute atomic E-state index is 0.0248. The van der Waals surface area contributed by atoms with Crippen molar-refractivity contribution in [3.63, 3.8) is 0 Å². The van der Waals surface area contributed by atoms with Gasteiger partial charge in [-0.2, -0.15) is 0 Å². The van der Waals surface area contributed by atoms with Crippen LogP contribution in [0.4, 0.5) is 0 Å². The zero-order valence-corrected chi connectivity index (χ0v) is 7.14. The summed E-state index contributed by atoms with van der Waals surface area (Å²) in [5, 5.41) is 8.87. The lowest BCUT2D eigenvalue weighted by Crippen LogP contribution is -2.02. The lowest BCUT2D eigenvalue weighted by molar-refractivity contribution is 0.0691. The van der Waals surface area contributed by atoms with Crippen molar-refractivity contribution in [2.45, 2.75) is 0 Å². The summed E-state index contributed by atoms with van der Waals surface area (Å²) in [6.45, 7) is 0. The van der Waals surface area contributed by atoms with Crippen molar-refractivity contribution in [3.8, 4) is 11.3 Å². The molecule has 0 amide bonds. The molecule has 0 radical (unpaired) electrons. The van der Waals surface area contributed by atoms with Gasteiger partial charge in [-0.25, -0.2) is 14.8 Å². The number of aromatic amines is 1. The zero-order valence-electron chi connectivity index (χ0n) is 7.14. The van der Waals surface area contributed by atoms with Gasteiger partial charge >= 0.3 is 5.97 Å². The van der Waals surface area contributed by atoms with Crippen LogP contribution in [-0.2, 0) is 0 Å². The van der Waals surface area contributed by atoms with Gasteiger partial charge in [-0.15, -0.1) is 0 Å². The molecule has 2 N–H and O–H groups in total. The maximum Gasteiger partial charge on any atom is 0.355 e. The molecule has 0 atom stereocenters. The van der Waals surface area contributed by atoms with Crippen LogP contribution in [0.5, 0.6) is 0 Å². The zero-order chi connectivity index (χ0) is 9.97. The smallest absolute Gasteiger partial charge is 0.355 e. The van der Waals surface area contributed by atoms with Gasteiger partial charge in [-0.05, 0) is 12.1 Å². The topological polar surface area (TPSA) is 78.9 Å². The van der Waals surface area contributed by atoms with Crippen molar-refractivity contribution in [2.75, 3.05) is 0 Å². The Bertz CT molecular complexity index is 451. The van der Waals surface area contributed by atoms with Crippen LogP contribution >= 0.6 is 0 Å². The fourth-order valence-electron chi connectivity index (χ4n) is 1.20. The molecule has 0 unspecified atom stereocenters. The van der Waals surface area contributed by atoms with E-state index < -0.39 is 5.97 Å². The maximum absolute atomic E-state index is 10.8. The fourth-order valence-corrected chi connectivity index (χ4v) is 1.20. The number of aromatic nitrogens is 3. The number of hydrogen-bond acceptors (Lipinski definition) is 3. The quantitative estimate of drug-likeness (QED) is 0.743. The van der Waals surface area contributed by atoms with Crippen LogP contribution in [0, 0.1) is 0 Å². The van der Waals surface area contributed by atoms with Gasteiger partial charge in [0, 0.05) is 11.8 Å². The Labute approximate surface area is 79.5 Å². The van der Waals surface area contributed by atoms with Gasteiger partial charge in [0.2, 0.25) is 0 Å². The summed E-state index contributed by atoms with van der Waals surface area (Å²) in [6, 6.07) is 3.37. The van der Waals surface area contributed by atoms with E-state index in [1.165, 1.54) is 12.5 Å². The highest BCUT2D eigenvalue weighted by molar-refractivity contribution is 5.93. The Morgan fingerprint density at radius 2 is 2.36 bits per heavy atom. The number of hydrogen-bond donors (Lipinski definition) is 2. The molecule has 2 rings (SSSR count). The Kier molecular flexibility index (Phi) is 1.98. The number of imidazole rings is 1. The van der Waals surface area contributed by atoms with E-state index in [-0.39, 0.29) is 5.69 Å². The molecule has 2 heterocycles. The molecule has 0 fully saturated rings. The third-order valence-corrected chi connectivity index (χ3v) is 1.80. The van der Waals surface area contributed by atoms with Gasteiger partial charge in [0.1, 0.15) is 0 Å². The van der Waals surface area contributed by atoms with Crippen molar-refractivity contribution in [3.05, 3.63) is 36.5 Å². The van der Waals surface area contributed by atoms with Gasteiger partial charge in [0.15, 0.2) is 5.69 Å². The van der Waals surface area contributed by atoms with Crippen molar-refractivity contribution >= 4 is 5.97 Å². The molecule has 2 aromatic rings. The van der Waals surface area contributed by atoms with Gasteiger partial charge in [-0.3, -0.25) is 0 Å². The van der Waals surface area contributed by atoms with E-state index in [9.17, 15) is 4.79 Å². The van der Waals surface area contributed by atoms with Crippen molar-refractivity contribution in [2.24, 2.45) is 0 Å². The predicted molar refractivity (Wildman–Crippen MR) is 48.8 cm³/mol. The number of carboxylic acid groups (broad SMARTS) is 1. The van der Waals surface area contributed by atoms with E-state index in [0.717, 1.165) is 0 Å². The normalized spacial score (nSPS) is 10.0. The number of nitrogens with one attached hydrogen (secondary N) is 1. The molecule has 0 saturated heterocycles. The first-order valence-corrected chi connectivity index (χ1v) is 3.96. The number of rotatable bonds is 2. The number of nitrogens with zero attached hydrogens (tertiary/aromatic N) is 2. The molecular formula is C9H7N3O2. The lowest BCUT2D eigenvalue weighted by Gasteiger charge is -2.00. The first-order valence-electron chi connectivity index (χ1n) is 3.96. The van der Waals surface area contributed by atoms with E-state index in [1.54, 1.807) is 18.3 Å². The predicted octanol–water partition coefficient (Wildman–Crippen LogP) is 1.17. The van der Waals surface area contributed by atoms with Gasteiger partial charge < -0.3 is 10.1 Å². The average molecular weight is 189 g/mol. The highest BCUT2D eigenvalue weighted by Gasteiger charge is 2.12. The van der Waals surface area contributed by atoms with Gasteiger partial charge in [0.25, 0.3) is 0 Å². The standard InChI is InChI=1S/C9H7N3O2/c13-9(14)8-6(2-1-3-11-8)7-4-10-5-12-7/h1-5H,(H,10,12)(H,13,14). The van der Waals surface area contributed by atoms with E-state index in [4.69, 9.17) is 5.11 Å². The lowest BCUT2D eigenvalue weighted by atomic mass is 10.1. The summed E-state index contributed by atoms with van der Waals surface area (Å²) in [5.41, 5.74) is 1.21. The molecule has 0 saturated carbocycles.